The standard InChI is InChI=1S/C18H30N4O.3ClH/c1-4-21-9-11-22(12-10-21)13-16-5-7-17(8-6-16)20-18(23)14(2)15(3)19;;;/h5-8,14-15H,4,9-13,19H2,1-3H3,(H,20,23);3*1H. The van der Waals surface area contributed by atoms with Gasteiger partial charge in [0, 0.05) is 44.5 Å². The lowest BCUT2D eigenvalue weighted by atomic mass is 10.0. The molecule has 5 nitrogen and oxygen atoms in total. The number of carbonyl (C=O) groups excluding carboxylic acids is 1. The number of anilines is 1. The van der Waals surface area contributed by atoms with Crippen LogP contribution in [0.2, 0.25) is 0 Å². The number of likely N-dealkylation sites (N-methyl/N-ethyl adjacent to an activating group) is 1. The van der Waals surface area contributed by atoms with Crippen molar-refractivity contribution in [3.8, 4) is 0 Å². The quantitative estimate of drug-likeness (QED) is 0.732. The van der Waals surface area contributed by atoms with Gasteiger partial charge in [0.1, 0.15) is 0 Å². The summed E-state index contributed by atoms with van der Waals surface area (Å²) in [6.45, 7) is 12.6. The van der Waals surface area contributed by atoms with E-state index in [0.717, 1.165) is 45.0 Å². The fraction of sp³-hybridized carbons (Fsp3) is 0.611. The van der Waals surface area contributed by atoms with Gasteiger partial charge in [-0.05, 0) is 31.2 Å². The average molecular weight is 428 g/mol. The van der Waals surface area contributed by atoms with Crippen LogP contribution in [-0.4, -0.2) is 54.5 Å². The highest BCUT2D eigenvalue weighted by molar-refractivity contribution is 5.92. The summed E-state index contributed by atoms with van der Waals surface area (Å²) in [6.07, 6.45) is 0. The number of carbonyl (C=O) groups is 1. The van der Waals surface area contributed by atoms with Gasteiger partial charge < -0.3 is 16.0 Å². The minimum atomic E-state index is -0.190. The number of hydrogen-bond acceptors (Lipinski definition) is 4. The van der Waals surface area contributed by atoms with Crippen molar-refractivity contribution in [3.63, 3.8) is 0 Å². The van der Waals surface area contributed by atoms with Gasteiger partial charge in [0.05, 0.1) is 5.92 Å². The maximum atomic E-state index is 12.0. The van der Waals surface area contributed by atoms with E-state index >= 15 is 0 Å². The van der Waals surface area contributed by atoms with Crippen molar-refractivity contribution in [1.29, 1.82) is 0 Å². The number of hydrogen-bond donors (Lipinski definition) is 2. The van der Waals surface area contributed by atoms with Crippen LogP contribution in [-0.2, 0) is 11.3 Å². The van der Waals surface area contributed by atoms with Gasteiger partial charge in [0.2, 0.25) is 5.91 Å². The Morgan fingerprint density at radius 3 is 2.00 bits per heavy atom. The zero-order chi connectivity index (χ0) is 16.8. The van der Waals surface area contributed by atoms with Crippen LogP contribution in [0.4, 0.5) is 5.69 Å². The van der Waals surface area contributed by atoms with Crippen molar-refractivity contribution in [1.82, 2.24) is 9.80 Å². The molecule has 2 atom stereocenters. The molecule has 0 aliphatic carbocycles. The number of rotatable bonds is 6. The molecular formula is C18H33Cl3N4O. The highest BCUT2D eigenvalue weighted by atomic mass is 35.5. The van der Waals surface area contributed by atoms with Gasteiger partial charge in [-0.1, -0.05) is 26.0 Å². The van der Waals surface area contributed by atoms with Gasteiger partial charge in [-0.25, -0.2) is 0 Å². The molecular weight excluding hydrogens is 395 g/mol. The molecule has 26 heavy (non-hydrogen) atoms. The molecule has 2 unspecified atom stereocenters. The van der Waals surface area contributed by atoms with Crippen LogP contribution in [0.3, 0.4) is 0 Å². The Labute approximate surface area is 176 Å². The second-order valence-corrected chi connectivity index (χ2v) is 6.54. The van der Waals surface area contributed by atoms with Crippen LogP contribution in [0.25, 0.3) is 0 Å². The summed E-state index contributed by atoms with van der Waals surface area (Å²) in [7, 11) is 0. The van der Waals surface area contributed by atoms with E-state index in [4.69, 9.17) is 5.73 Å². The Morgan fingerprint density at radius 1 is 1.04 bits per heavy atom. The molecule has 0 aromatic heterocycles. The van der Waals surface area contributed by atoms with Gasteiger partial charge in [-0.15, -0.1) is 37.2 Å². The Morgan fingerprint density at radius 2 is 1.54 bits per heavy atom. The largest absolute Gasteiger partial charge is 0.327 e. The first-order valence-corrected chi connectivity index (χ1v) is 8.59. The first kappa shape index (κ1) is 27.7. The Kier molecular flexibility index (Phi) is 14.5. The second-order valence-electron chi connectivity index (χ2n) is 6.54. The third-order valence-electron chi connectivity index (χ3n) is 4.74. The summed E-state index contributed by atoms with van der Waals surface area (Å²) in [4.78, 5) is 17.0. The monoisotopic (exact) mass is 426 g/mol. The summed E-state index contributed by atoms with van der Waals surface area (Å²) >= 11 is 0. The van der Waals surface area contributed by atoms with E-state index in [2.05, 4.69) is 34.2 Å². The SMILES string of the molecule is CCN1CCN(Cc2ccc(NC(=O)C(C)C(C)N)cc2)CC1.Cl.Cl.Cl. The number of halogens is 3. The first-order valence-electron chi connectivity index (χ1n) is 8.59. The maximum Gasteiger partial charge on any atom is 0.228 e. The van der Waals surface area contributed by atoms with Crippen molar-refractivity contribution in [2.75, 3.05) is 38.0 Å². The smallest absolute Gasteiger partial charge is 0.228 e. The van der Waals surface area contributed by atoms with Crippen molar-refractivity contribution in [2.45, 2.75) is 33.4 Å². The number of nitrogens with zero attached hydrogens (tertiary/aromatic N) is 2. The van der Waals surface area contributed by atoms with Crippen LogP contribution in [0.5, 0.6) is 0 Å². The molecule has 1 amide bonds. The molecule has 8 heteroatoms. The van der Waals surface area contributed by atoms with Crippen molar-refractivity contribution in [2.24, 2.45) is 11.7 Å². The molecule has 0 saturated carbocycles. The predicted molar refractivity (Wildman–Crippen MR) is 117 cm³/mol. The van der Waals surface area contributed by atoms with Crippen LogP contribution in [0, 0.1) is 5.92 Å². The number of benzene rings is 1. The van der Waals surface area contributed by atoms with Crippen LogP contribution >= 0.6 is 37.2 Å². The topological polar surface area (TPSA) is 61.6 Å². The molecule has 0 spiro atoms. The summed E-state index contributed by atoms with van der Waals surface area (Å²) in [5.74, 6) is -0.215. The third-order valence-corrected chi connectivity index (χ3v) is 4.74. The number of piperazine rings is 1. The number of nitrogens with two attached hydrogens (primary N) is 1. The maximum absolute atomic E-state index is 12.0. The highest BCUT2D eigenvalue weighted by Gasteiger charge is 2.17. The van der Waals surface area contributed by atoms with Gasteiger partial charge in [-0.2, -0.15) is 0 Å². The molecule has 1 aliphatic rings. The van der Waals surface area contributed by atoms with E-state index in [1.165, 1.54) is 5.56 Å². The molecule has 1 fully saturated rings. The van der Waals surface area contributed by atoms with E-state index < -0.39 is 0 Å². The van der Waals surface area contributed by atoms with Gasteiger partial charge in [-0.3, -0.25) is 9.69 Å². The van der Waals surface area contributed by atoms with E-state index in [1.54, 1.807) is 0 Å². The minimum Gasteiger partial charge on any atom is -0.327 e. The first-order chi connectivity index (χ1) is 11.0. The third kappa shape index (κ3) is 8.42. The zero-order valence-corrected chi connectivity index (χ0v) is 18.3. The molecule has 1 heterocycles. The lowest BCUT2D eigenvalue weighted by Gasteiger charge is -2.34. The van der Waals surface area contributed by atoms with Crippen LogP contribution in [0.15, 0.2) is 24.3 Å². The lowest BCUT2D eigenvalue weighted by Crippen LogP contribution is -2.45. The fourth-order valence-electron chi connectivity index (χ4n) is 2.71. The summed E-state index contributed by atoms with van der Waals surface area (Å²) in [5.41, 5.74) is 7.89. The van der Waals surface area contributed by atoms with Crippen molar-refractivity contribution < 1.29 is 4.79 Å². The highest BCUT2D eigenvalue weighted by Crippen LogP contribution is 2.14. The fourth-order valence-corrected chi connectivity index (χ4v) is 2.71. The zero-order valence-electron chi connectivity index (χ0n) is 15.8. The molecule has 1 aromatic rings. The van der Waals surface area contributed by atoms with Crippen molar-refractivity contribution >= 4 is 48.8 Å². The molecule has 0 bridgehead atoms. The van der Waals surface area contributed by atoms with Crippen LogP contribution < -0.4 is 11.1 Å². The molecule has 1 aromatic carbocycles. The minimum absolute atomic E-state index is 0. The molecule has 2 rings (SSSR count). The lowest BCUT2D eigenvalue weighted by molar-refractivity contribution is -0.119. The Bertz CT molecular complexity index is 506. The summed E-state index contributed by atoms with van der Waals surface area (Å²) in [5, 5.41) is 2.93. The summed E-state index contributed by atoms with van der Waals surface area (Å²) in [6, 6.07) is 8.00. The van der Waals surface area contributed by atoms with Crippen molar-refractivity contribution in [3.05, 3.63) is 29.8 Å². The molecule has 3 N–H and O–H groups in total. The molecule has 152 valence electrons. The number of amides is 1. The Hall–Kier alpha value is -0.560. The normalized spacial score (nSPS) is 17.1. The predicted octanol–water partition coefficient (Wildman–Crippen LogP) is 3.01. The second kappa shape index (κ2) is 13.6. The average Bonchev–Trinajstić information content (AvgIpc) is 2.56. The molecule has 0 radical (unpaired) electrons. The van der Waals surface area contributed by atoms with E-state index in [0.29, 0.717) is 0 Å². The van der Waals surface area contributed by atoms with Gasteiger partial charge >= 0.3 is 0 Å². The Balaban J connectivity index is 0. The van der Waals surface area contributed by atoms with E-state index in [-0.39, 0.29) is 55.1 Å². The number of nitrogens with one attached hydrogen (secondary N) is 1. The van der Waals surface area contributed by atoms with Gasteiger partial charge in [0.25, 0.3) is 0 Å². The van der Waals surface area contributed by atoms with Gasteiger partial charge in [0.15, 0.2) is 0 Å². The van der Waals surface area contributed by atoms with E-state index in [9.17, 15) is 4.79 Å². The molecule has 1 aliphatic heterocycles. The molecule has 1 saturated heterocycles. The van der Waals surface area contributed by atoms with E-state index in [1.807, 2.05) is 26.0 Å². The summed E-state index contributed by atoms with van der Waals surface area (Å²) < 4.78 is 0. The van der Waals surface area contributed by atoms with Crippen LogP contribution in [0.1, 0.15) is 26.3 Å².